The van der Waals surface area contributed by atoms with Crippen molar-refractivity contribution in [2.24, 2.45) is 5.92 Å². The van der Waals surface area contributed by atoms with E-state index in [0.717, 1.165) is 19.3 Å². The summed E-state index contributed by atoms with van der Waals surface area (Å²) >= 11 is 0. The molecule has 0 aromatic carbocycles. The summed E-state index contributed by atoms with van der Waals surface area (Å²) in [6, 6.07) is 0. The zero-order valence-electron chi connectivity index (χ0n) is 9.80. The molecule has 0 N–H and O–H groups in total. The normalized spacial score (nSPS) is 12.0. The summed E-state index contributed by atoms with van der Waals surface area (Å²) in [6.07, 6.45) is 5.45. The van der Waals surface area contributed by atoms with Gasteiger partial charge < -0.3 is 4.74 Å². The van der Waals surface area contributed by atoms with Crippen LogP contribution < -0.4 is 0 Å². The summed E-state index contributed by atoms with van der Waals surface area (Å²) in [7, 11) is 0. The van der Waals surface area contributed by atoms with E-state index < -0.39 is 0 Å². The molecule has 14 heavy (non-hydrogen) atoms. The Bertz CT molecular complexity index is 188. The van der Waals surface area contributed by atoms with Gasteiger partial charge in [-0.1, -0.05) is 32.4 Å². The zero-order chi connectivity index (χ0) is 11.0. The molecule has 82 valence electrons. The number of allylic oxidation sites excluding steroid dienone is 2. The second-order valence-electron chi connectivity index (χ2n) is 3.64. The number of rotatable bonds is 6. The van der Waals surface area contributed by atoms with Gasteiger partial charge in [0.25, 0.3) is 0 Å². The van der Waals surface area contributed by atoms with Crippen LogP contribution in [0.1, 0.15) is 47.0 Å². The van der Waals surface area contributed by atoms with Crippen LogP contribution in [-0.4, -0.2) is 12.6 Å². The van der Waals surface area contributed by atoms with Crippen LogP contribution in [0.3, 0.4) is 0 Å². The first-order valence-corrected chi connectivity index (χ1v) is 5.43. The fourth-order valence-electron chi connectivity index (χ4n) is 1.36. The Balaban J connectivity index is 3.78. The Kier molecular flexibility index (Phi) is 7.17. The van der Waals surface area contributed by atoms with Crippen LogP contribution in [0, 0.1) is 5.92 Å². The Morgan fingerprint density at radius 3 is 2.36 bits per heavy atom. The molecule has 0 spiro atoms. The van der Waals surface area contributed by atoms with Gasteiger partial charge in [0.15, 0.2) is 0 Å². The molecule has 0 bridgehead atoms. The van der Waals surface area contributed by atoms with Crippen molar-refractivity contribution in [1.82, 2.24) is 0 Å². The van der Waals surface area contributed by atoms with Crippen LogP contribution in [0.5, 0.6) is 0 Å². The quantitative estimate of drug-likeness (QED) is 0.483. The molecule has 0 aliphatic heterocycles. The van der Waals surface area contributed by atoms with E-state index in [9.17, 15) is 4.79 Å². The average Bonchev–Trinajstić information content (AvgIpc) is 2.13. The lowest BCUT2D eigenvalue weighted by atomic mass is 10.0. The molecule has 1 atom stereocenters. The van der Waals surface area contributed by atoms with Crippen molar-refractivity contribution in [3.63, 3.8) is 0 Å². The zero-order valence-corrected chi connectivity index (χ0v) is 9.80. The van der Waals surface area contributed by atoms with E-state index in [1.54, 1.807) is 0 Å². The van der Waals surface area contributed by atoms with Gasteiger partial charge in [-0.25, -0.2) is 0 Å². The van der Waals surface area contributed by atoms with Gasteiger partial charge >= 0.3 is 5.97 Å². The summed E-state index contributed by atoms with van der Waals surface area (Å²) in [5, 5.41) is 0. The number of carbonyl (C=O) groups excluding carboxylic acids is 1. The van der Waals surface area contributed by atoms with Gasteiger partial charge in [-0.3, -0.25) is 4.79 Å². The molecule has 0 aliphatic rings. The summed E-state index contributed by atoms with van der Waals surface area (Å²) in [4.78, 5) is 10.5. The van der Waals surface area contributed by atoms with Crippen LogP contribution in [-0.2, 0) is 9.53 Å². The maximum atomic E-state index is 10.5. The second-order valence-corrected chi connectivity index (χ2v) is 3.64. The first-order valence-electron chi connectivity index (χ1n) is 5.43. The third-order valence-corrected chi connectivity index (χ3v) is 2.31. The molecule has 0 aromatic rings. The molecule has 0 saturated heterocycles. The van der Waals surface area contributed by atoms with Gasteiger partial charge in [-0.15, -0.1) is 0 Å². The monoisotopic (exact) mass is 198 g/mol. The van der Waals surface area contributed by atoms with Crippen molar-refractivity contribution in [2.45, 2.75) is 47.0 Å². The minimum absolute atomic E-state index is 0.188. The van der Waals surface area contributed by atoms with Gasteiger partial charge in [-0.05, 0) is 25.2 Å². The smallest absolute Gasteiger partial charge is 0.302 e. The second kappa shape index (κ2) is 7.60. The lowest BCUT2D eigenvalue weighted by molar-refractivity contribution is -0.141. The molecule has 0 heterocycles. The van der Waals surface area contributed by atoms with E-state index in [1.165, 1.54) is 12.5 Å². The van der Waals surface area contributed by atoms with Crippen LogP contribution in [0.4, 0.5) is 0 Å². The molecule has 0 aromatic heterocycles. The van der Waals surface area contributed by atoms with E-state index in [4.69, 9.17) is 4.74 Å². The Morgan fingerprint density at radius 1 is 1.36 bits per heavy atom. The molecule has 2 nitrogen and oxygen atoms in total. The van der Waals surface area contributed by atoms with Crippen molar-refractivity contribution in [3.8, 4) is 0 Å². The minimum Gasteiger partial charge on any atom is -0.466 e. The highest BCUT2D eigenvalue weighted by atomic mass is 16.5. The molecular formula is C12H22O2. The first kappa shape index (κ1) is 13.2. The minimum atomic E-state index is -0.188. The van der Waals surface area contributed by atoms with Crippen molar-refractivity contribution in [2.75, 3.05) is 6.61 Å². The van der Waals surface area contributed by atoms with E-state index in [1.807, 2.05) is 0 Å². The molecular weight excluding hydrogens is 176 g/mol. The molecule has 2 heteroatoms. The third-order valence-electron chi connectivity index (χ3n) is 2.31. The lowest BCUT2D eigenvalue weighted by Crippen LogP contribution is -2.04. The maximum Gasteiger partial charge on any atom is 0.302 e. The molecule has 0 amide bonds. The topological polar surface area (TPSA) is 26.3 Å². The maximum absolute atomic E-state index is 10.5. The van der Waals surface area contributed by atoms with Crippen LogP contribution in [0.25, 0.3) is 0 Å². The van der Waals surface area contributed by atoms with E-state index >= 15 is 0 Å². The number of hydrogen-bond acceptors (Lipinski definition) is 2. The van der Waals surface area contributed by atoms with Gasteiger partial charge in [0, 0.05) is 6.92 Å². The predicted octanol–water partition coefficient (Wildman–Crippen LogP) is 3.32. The van der Waals surface area contributed by atoms with Crippen molar-refractivity contribution in [1.29, 1.82) is 0 Å². The predicted molar refractivity (Wildman–Crippen MR) is 59.1 cm³/mol. The number of carbonyl (C=O) groups is 1. The highest BCUT2D eigenvalue weighted by Crippen LogP contribution is 2.12. The molecule has 0 aliphatic carbocycles. The SMILES string of the molecule is CCC(=CC(C)CCOC(C)=O)CC. The highest BCUT2D eigenvalue weighted by molar-refractivity contribution is 5.65. The number of esters is 1. The van der Waals surface area contributed by atoms with E-state index in [-0.39, 0.29) is 5.97 Å². The van der Waals surface area contributed by atoms with Gasteiger partial charge in [0.2, 0.25) is 0 Å². The average molecular weight is 198 g/mol. The summed E-state index contributed by atoms with van der Waals surface area (Å²) in [5.41, 5.74) is 1.49. The Labute approximate surface area is 87.3 Å². The van der Waals surface area contributed by atoms with Crippen molar-refractivity contribution in [3.05, 3.63) is 11.6 Å². The largest absolute Gasteiger partial charge is 0.466 e. The van der Waals surface area contributed by atoms with Gasteiger partial charge in [-0.2, -0.15) is 0 Å². The first-order chi connectivity index (χ1) is 6.60. The van der Waals surface area contributed by atoms with Crippen LogP contribution in [0.15, 0.2) is 11.6 Å². The number of hydrogen-bond donors (Lipinski definition) is 0. The van der Waals surface area contributed by atoms with Crippen LogP contribution in [0.2, 0.25) is 0 Å². The number of ether oxygens (including phenoxy) is 1. The van der Waals surface area contributed by atoms with Crippen molar-refractivity contribution < 1.29 is 9.53 Å². The Morgan fingerprint density at radius 2 is 1.93 bits per heavy atom. The summed E-state index contributed by atoms with van der Waals surface area (Å²) < 4.78 is 4.89. The Hall–Kier alpha value is -0.790. The molecule has 0 fully saturated rings. The summed E-state index contributed by atoms with van der Waals surface area (Å²) in [5.74, 6) is 0.316. The molecule has 0 rings (SSSR count). The van der Waals surface area contributed by atoms with E-state index in [0.29, 0.717) is 12.5 Å². The molecule has 0 saturated carbocycles. The molecule has 1 unspecified atom stereocenters. The van der Waals surface area contributed by atoms with Crippen molar-refractivity contribution >= 4 is 5.97 Å². The highest BCUT2D eigenvalue weighted by Gasteiger charge is 2.01. The van der Waals surface area contributed by atoms with Gasteiger partial charge in [0.1, 0.15) is 0 Å². The third kappa shape index (κ3) is 6.70. The fourth-order valence-corrected chi connectivity index (χ4v) is 1.36. The van der Waals surface area contributed by atoms with Gasteiger partial charge in [0.05, 0.1) is 6.61 Å². The standard InChI is InChI=1S/C12H22O2/c1-5-12(6-2)9-10(3)7-8-14-11(4)13/h9-10H,5-8H2,1-4H3. The summed E-state index contributed by atoms with van der Waals surface area (Å²) in [6.45, 7) is 8.49. The fraction of sp³-hybridized carbons (Fsp3) is 0.750. The van der Waals surface area contributed by atoms with E-state index in [2.05, 4.69) is 26.8 Å². The lowest BCUT2D eigenvalue weighted by Gasteiger charge is -2.09. The van der Waals surface area contributed by atoms with Crippen LogP contribution >= 0.6 is 0 Å². The molecule has 0 radical (unpaired) electrons.